The Balaban J connectivity index is 0.000000321. The molecule has 2 aromatic heterocycles. The third kappa shape index (κ3) is 11.0. The predicted octanol–water partition coefficient (Wildman–Crippen LogP) is 9.35. The number of amides is 1. The monoisotopic (exact) mass is 781 g/mol. The Bertz CT molecular complexity index is 2150. The van der Waals surface area contributed by atoms with Gasteiger partial charge in [0.15, 0.2) is 0 Å². The van der Waals surface area contributed by atoms with Crippen LogP contribution in [0.25, 0.3) is 21.9 Å². The number of alkyl halides is 3. The largest absolute Gasteiger partial charge is 0.516 e. The number of fused-ring (bicyclic) bond motifs is 2. The number of halogens is 5. The summed E-state index contributed by atoms with van der Waals surface area (Å²) in [6.45, 7) is 9.81. The van der Waals surface area contributed by atoms with Crippen LogP contribution in [-0.4, -0.2) is 68.7 Å². The minimum Gasteiger partial charge on any atom is -0.516 e. The molecule has 3 N–H and O–H groups in total. The third-order valence-corrected chi connectivity index (χ3v) is 9.63. The molecule has 15 heteroatoms. The zero-order valence-electron chi connectivity index (χ0n) is 30.7. The van der Waals surface area contributed by atoms with Gasteiger partial charge in [-0.25, -0.2) is 9.37 Å². The Kier molecular flexibility index (Phi) is 14.2. The number of nitrogens with zero attached hydrogens (tertiary/aromatic N) is 5. The molecule has 0 unspecified atom stereocenters. The van der Waals surface area contributed by atoms with Crippen molar-refractivity contribution in [1.82, 2.24) is 24.6 Å². The second kappa shape index (κ2) is 19.0. The van der Waals surface area contributed by atoms with Crippen LogP contribution >= 0.6 is 11.6 Å². The molecule has 0 spiro atoms. The maximum Gasteiger partial charge on any atom is 0.418 e. The number of aliphatic imine (C=N–C) groups is 1. The van der Waals surface area contributed by atoms with Crippen molar-refractivity contribution >= 4 is 51.8 Å². The second-order valence-electron chi connectivity index (χ2n) is 13.3. The average molecular weight is 782 g/mol. The number of ether oxygens (including phenoxy) is 1. The number of likely N-dealkylation sites (tertiary alicyclic amines) is 1. The zero-order chi connectivity index (χ0) is 39.5. The highest BCUT2D eigenvalue weighted by Gasteiger charge is 2.35. The molecule has 0 atom stereocenters. The standard InChI is InChI=1S/C29H31F3N6O2.C8H7ClFN.C3H6O/c1-18-22-15-21(16-23(29(30,31)32)27(22)36-35-18)33-28(40)20-7-8-25-24(14-20)34-26(37(25)2)17-38-11-9-19(10-12-38)6-4-3-5-13-39;1-11-5-6-2-3-7(9)4-8(6)10;1-2-4-3-1/h3-5,7-8,13-16,19,39H,6,9-12,17H2,1-2H3,(H,33,40)(H,35,36);2-4H,1,5H2;1-3H2/b4-3-,13-5+;;. The Morgan fingerprint density at radius 3 is 2.51 bits per heavy atom. The number of hydrogen-bond donors (Lipinski definition) is 3. The number of imidazole rings is 1. The van der Waals surface area contributed by atoms with E-state index in [0.29, 0.717) is 51.8 Å². The number of aliphatic hydroxyl groups excluding tert-OH is 1. The molecule has 2 aliphatic rings. The van der Waals surface area contributed by atoms with E-state index in [1.165, 1.54) is 18.6 Å². The van der Waals surface area contributed by atoms with Crippen molar-refractivity contribution in [3.8, 4) is 0 Å². The predicted molar refractivity (Wildman–Crippen MR) is 208 cm³/mol. The van der Waals surface area contributed by atoms with E-state index in [1.807, 2.05) is 23.8 Å². The lowest BCUT2D eigenvalue weighted by Crippen LogP contribution is -2.33. The number of aryl methyl sites for hydroxylation is 2. The molecule has 7 rings (SSSR count). The van der Waals surface area contributed by atoms with Gasteiger partial charge in [-0.05, 0) is 107 Å². The maximum absolute atomic E-state index is 13.7. The Hall–Kier alpha value is -5.05. The molecule has 4 heterocycles. The van der Waals surface area contributed by atoms with Crippen molar-refractivity contribution in [2.45, 2.75) is 51.9 Å². The summed E-state index contributed by atoms with van der Waals surface area (Å²) in [7, 11) is 1.94. The first kappa shape index (κ1) is 41.1. The first-order valence-corrected chi connectivity index (χ1v) is 18.2. The topological polar surface area (TPSA) is 121 Å². The van der Waals surface area contributed by atoms with Gasteiger partial charge >= 0.3 is 6.18 Å². The Morgan fingerprint density at radius 1 is 1.15 bits per heavy atom. The van der Waals surface area contributed by atoms with E-state index in [1.54, 1.807) is 37.3 Å². The molecule has 3 aromatic carbocycles. The van der Waals surface area contributed by atoms with Crippen LogP contribution in [0, 0.1) is 18.7 Å². The molecule has 10 nitrogen and oxygen atoms in total. The summed E-state index contributed by atoms with van der Waals surface area (Å²) in [6.07, 6.45) is 6.40. The Morgan fingerprint density at radius 2 is 1.87 bits per heavy atom. The summed E-state index contributed by atoms with van der Waals surface area (Å²) in [6, 6.07) is 12.0. The highest BCUT2D eigenvalue weighted by atomic mass is 35.5. The summed E-state index contributed by atoms with van der Waals surface area (Å²) in [4.78, 5) is 23.8. The summed E-state index contributed by atoms with van der Waals surface area (Å²) in [5.74, 6) is 0.652. The number of piperidine rings is 1. The Labute approximate surface area is 321 Å². The molecule has 0 saturated carbocycles. The zero-order valence-corrected chi connectivity index (χ0v) is 31.4. The number of anilines is 1. The van der Waals surface area contributed by atoms with Crippen LogP contribution in [0.3, 0.4) is 0 Å². The van der Waals surface area contributed by atoms with Crippen LogP contribution in [0.2, 0.25) is 5.02 Å². The molecular formula is C40H44ClF4N7O3. The van der Waals surface area contributed by atoms with Crippen LogP contribution in [0.1, 0.15) is 58.7 Å². The summed E-state index contributed by atoms with van der Waals surface area (Å²) < 4.78 is 60.6. The normalized spacial score (nSPS) is 15.1. The van der Waals surface area contributed by atoms with Gasteiger partial charge in [0.2, 0.25) is 0 Å². The summed E-state index contributed by atoms with van der Waals surface area (Å²) in [5, 5.41) is 18.4. The molecule has 2 aliphatic heterocycles. The molecule has 0 bridgehead atoms. The van der Waals surface area contributed by atoms with Gasteiger partial charge in [0.25, 0.3) is 5.91 Å². The number of hydrogen-bond acceptors (Lipinski definition) is 7. The van der Waals surface area contributed by atoms with Crippen molar-refractivity contribution < 1.29 is 32.2 Å². The molecule has 0 radical (unpaired) electrons. The minimum atomic E-state index is -4.62. The van der Waals surface area contributed by atoms with E-state index in [4.69, 9.17) is 26.4 Å². The number of aromatic amines is 1. The number of H-pyrrole nitrogens is 1. The van der Waals surface area contributed by atoms with E-state index >= 15 is 0 Å². The highest BCUT2D eigenvalue weighted by molar-refractivity contribution is 6.30. The first-order chi connectivity index (χ1) is 26.4. The third-order valence-electron chi connectivity index (χ3n) is 9.40. The number of carbonyl (C=O) groups is 1. The molecule has 5 aromatic rings. The number of nitrogens with one attached hydrogen (secondary N) is 2. The second-order valence-corrected chi connectivity index (χ2v) is 13.8. The molecule has 2 fully saturated rings. The molecular weight excluding hydrogens is 738 g/mol. The fraction of sp³-hybridized carbons (Fsp3) is 0.350. The van der Waals surface area contributed by atoms with Gasteiger partial charge in [0.05, 0.1) is 35.9 Å². The van der Waals surface area contributed by atoms with Crippen LogP contribution < -0.4 is 5.32 Å². The van der Waals surface area contributed by atoms with Gasteiger partial charge in [-0.15, -0.1) is 0 Å². The van der Waals surface area contributed by atoms with Gasteiger partial charge in [-0.2, -0.15) is 18.3 Å². The first-order valence-electron chi connectivity index (χ1n) is 17.8. The van der Waals surface area contributed by atoms with Gasteiger partial charge in [-0.1, -0.05) is 29.8 Å². The van der Waals surface area contributed by atoms with Crippen LogP contribution in [0.15, 0.2) is 78.0 Å². The smallest absolute Gasteiger partial charge is 0.418 e. The van der Waals surface area contributed by atoms with Crippen molar-refractivity contribution in [3.05, 3.63) is 112 Å². The van der Waals surface area contributed by atoms with Crippen molar-refractivity contribution in [2.75, 3.05) is 31.6 Å². The lowest BCUT2D eigenvalue weighted by Gasteiger charge is -2.31. The minimum absolute atomic E-state index is 0.0416. The van der Waals surface area contributed by atoms with Gasteiger partial charge in [-0.3, -0.25) is 19.8 Å². The molecule has 292 valence electrons. The maximum atomic E-state index is 13.7. The van der Waals surface area contributed by atoms with Crippen molar-refractivity contribution in [2.24, 2.45) is 18.0 Å². The molecule has 55 heavy (non-hydrogen) atoms. The van der Waals surface area contributed by atoms with Gasteiger partial charge in [0, 0.05) is 53.2 Å². The van der Waals surface area contributed by atoms with Crippen LogP contribution in [-0.2, 0) is 31.1 Å². The fourth-order valence-corrected chi connectivity index (χ4v) is 6.32. The number of allylic oxidation sites excluding steroid dienone is 3. The number of aromatic nitrogens is 4. The van der Waals surface area contributed by atoms with E-state index in [9.17, 15) is 22.4 Å². The average Bonchev–Trinajstić information content (AvgIpc) is 3.65. The fourth-order valence-electron chi connectivity index (χ4n) is 6.16. The summed E-state index contributed by atoms with van der Waals surface area (Å²) >= 11 is 5.53. The summed E-state index contributed by atoms with van der Waals surface area (Å²) in [5.41, 5.74) is 1.79. The highest BCUT2D eigenvalue weighted by Crippen LogP contribution is 2.37. The molecule has 1 amide bonds. The van der Waals surface area contributed by atoms with Crippen molar-refractivity contribution in [1.29, 1.82) is 0 Å². The van der Waals surface area contributed by atoms with Crippen LogP contribution in [0.4, 0.5) is 23.2 Å². The van der Waals surface area contributed by atoms with E-state index in [0.717, 1.165) is 69.2 Å². The number of rotatable bonds is 9. The van der Waals surface area contributed by atoms with Crippen LogP contribution in [0.5, 0.6) is 0 Å². The van der Waals surface area contributed by atoms with E-state index < -0.39 is 17.6 Å². The van der Waals surface area contributed by atoms with Gasteiger partial charge < -0.3 is 19.7 Å². The number of benzene rings is 3. The number of carbonyl (C=O) groups excluding carboxylic acids is 1. The number of aliphatic hydroxyl groups is 1. The lowest BCUT2D eigenvalue weighted by molar-refractivity contribution is -0.136. The van der Waals surface area contributed by atoms with Gasteiger partial charge in [0.1, 0.15) is 17.2 Å². The van der Waals surface area contributed by atoms with Crippen molar-refractivity contribution in [3.63, 3.8) is 0 Å². The van der Waals surface area contributed by atoms with E-state index in [-0.39, 0.29) is 17.0 Å². The molecule has 2 saturated heterocycles. The van der Waals surface area contributed by atoms with E-state index in [2.05, 4.69) is 38.2 Å². The lowest BCUT2D eigenvalue weighted by atomic mass is 9.93. The molecule has 0 aliphatic carbocycles. The SMILES string of the molecule is C1COC1.C=NCc1ccc(Cl)cc1F.Cc1[nH]nc2c(C(F)(F)F)cc(NC(=O)c3ccc4c(c3)nc(CN3CCC(C/C=C\C=C\O)CC3)n4C)cc12. The quantitative estimate of drug-likeness (QED) is 0.0594.